The molecule has 1 aliphatic rings. The highest BCUT2D eigenvalue weighted by molar-refractivity contribution is 5.95. The van der Waals surface area contributed by atoms with Crippen LogP contribution in [0.2, 0.25) is 0 Å². The van der Waals surface area contributed by atoms with Crippen molar-refractivity contribution in [2.45, 2.75) is 45.2 Å². The molecule has 0 aromatic heterocycles. The van der Waals surface area contributed by atoms with E-state index in [1.54, 1.807) is 0 Å². The molecule has 1 aromatic rings. The Morgan fingerprint density at radius 2 is 2.10 bits per heavy atom. The Hall–Kier alpha value is -1.55. The van der Waals surface area contributed by atoms with Crippen LogP contribution in [0.1, 0.15) is 31.7 Å². The van der Waals surface area contributed by atoms with E-state index in [0.717, 1.165) is 30.6 Å². The zero-order valence-electron chi connectivity index (χ0n) is 12.9. The van der Waals surface area contributed by atoms with Crippen LogP contribution in [0.5, 0.6) is 0 Å². The molecular weight excluding hydrogens is 250 g/mol. The lowest BCUT2D eigenvalue weighted by Crippen LogP contribution is -2.47. The smallest absolute Gasteiger partial charge is 0.241 e. The fourth-order valence-corrected chi connectivity index (χ4v) is 2.74. The number of rotatable bonds is 3. The largest absolute Gasteiger partial charge is 0.377 e. The third-order valence-electron chi connectivity index (χ3n) is 3.89. The van der Waals surface area contributed by atoms with E-state index in [4.69, 9.17) is 0 Å². The van der Waals surface area contributed by atoms with E-state index in [1.807, 2.05) is 32.3 Å². The third-order valence-corrected chi connectivity index (χ3v) is 3.89. The molecular formula is C16H25N3O. The summed E-state index contributed by atoms with van der Waals surface area (Å²) in [7, 11) is 4.02. The van der Waals surface area contributed by atoms with Gasteiger partial charge in [-0.15, -0.1) is 0 Å². The summed E-state index contributed by atoms with van der Waals surface area (Å²) in [4.78, 5) is 14.4. The van der Waals surface area contributed by atoms with E-state index in [1.165, 1.54) is 5.56 Å². The summed E-state index contributed by atoms with van der Waals surface area (Å²) in [6.45, 7) is 4.21. The fraction of sp³-hybridized carbons (Fsp3) is 0.562. The molecule has 1 amide bonds. The van der Waals surface area contributed by atoms with Crippen molar-refractivity contribution in [1.29, 1.82) is 0 Å². The minimum atomic E-state index is -0.0668. The molecule has 2 unspecified atom stereocenters. The Morgan fingerprint density at radius 1 is 1.35 bits per heavy atom. The molecule has 20 heavy (non-hydrogen) atoms. The van der Waals surface area contributed by atoms with Gasteiger partial charge in [-0.2, -0.15) is 0 Å². The summed E-state index contributed by atoms with van der Waals surface area (Å²) in [6, 6.07) is 6.39. The second-order valence-electron chi connectivity index (χ2n) is 5.94. The number of amides is 1. The summed E-state index contributed by atoms with van der Waals surface area (Å²) < 4.78 is 0. The number of carbonyl (C=O) groups excluding carboxylic acids is 1. The standard InChI is InChI=1S/C16H25N3O/c1-11-8-9-13(10-15(11)19(3)4)18-16(20)14-7-5-6-12(2)17-14/h8-10,12,14,17H,5-7H2,1-4H3,(H,18,20). The molecule has 4 nitrogen and oxygen atoms in total. The quantitative estimate of drug-likeness (QED) is 0.891. The van der Waals surface area contributed by atoms with Gasteiger partial charge >= 0.3 is 0 Å². The molecule has 1 aliphatic heterocycles. The topological polar surface area (TPSA) is 44.4 Å². The molecule has 2 rings (SSSR count). The van der Waals surface area contributed by atoms with Crippen molar-refractivity contribution in [2.24, 2.45) is 0 Å². The maximum absolute atomic E-state index is 12.3. The summed E-state index contributed by atoms with van der Waals surface area (Å²) in [5.74, 6) is 0.0742. The molecule has 4 heteroatoms. The molecule has 1 saturated heterocycles. The van der Waals surface area contributed by atoms with Gasteiger partial charge in [-0.25, -0.2) is 0 Å². The first-order valence-corrected chi connectivity index (χ1v) is 7.32. The summed E-state index contributed by atoms with van der Waals surface area (Å²) in [5.41, 5.74) is 3.20. The average Bonchev–Trinajstić information content (AvgIpc) is 2.40. The Bertz CT molecular complexity index is 485. The van der Waals surface area contributed by atoms with Gasteiger partial charge in [0.1, 0.15) is 0 Å². The average molecular weight is 275 g/mol. The SMILES string of the molecule is Cc1ccc(NC(=O)C2CCCC(C)N2)cc1N(C)C. The van der Waals surface area contributed by atoms with Gasteiger partial charge < -0.3 is 15.5 Å². The highest BCUT2D eigenvalue weighted by atomic mass is 16.2. The van der Waals surface area contributed by atoms with Gasteiger partial charge in [-0.3, -0.25) is 4.79 Å². The van der Waals surface area contributed by atoms with Gasteiger partial charge in [-0.1, -0.05) is 6.07 Å². The lowest BCUT2D eigenvalue weighted by atomic mass is 9.99. The molecule has 0 radical (unpaired) electrons. The minimum Gasteiger partial charge on any atom is -0.377 e. The van der Waals surface area contributed by atoms with Crippen LogP contribution in [0.15, 0.2) is 18.2 Å². The number of anilines is 2. The number of nitrogens with one attached hydrogen (secondary N) is 2. The lowest BCUT2D eigenvalue weighted by Gasteiger charge is -2.28. The van der Waals surface area contributed by atoms with Gasteiger partial charge in [-0.05, 0) is 50.8 Å². The van der Waals surface area contributed by atoms with Crippen molar-refractivity contribution in [3.05, 3.63) is 23.8 Å². The monoisotopic (exact) mass is 275 g/mol. The Morgan fingerprint density at radius 3 is 2.75 bits per heavy atom. The van der Waals surface area contributed by atoms with Crippen molar-refractivity contribution in [3.63, 3.8) is 0 Å². The first-order chi connectivity index (χ1) is 9.47. The van der Waals surface area contributed by atoms with E-state index in [9.17, 15) is 4.79 Å². The molecule has 1 heterocycles. The Kier molecular flexibility index (Phi) is 4.65. The highest BCUT2D eigenvalue weighted by Crippen LogP contribution is 2.23. The van der Waals surface area contributed by atoms with Crippen molar-refractivity contribution >= 4 is 17.3 Å². The predicted molar refractivity (Wildman–Crippen MR) is 84.4 cm³/mol. The fourth-order valence-electron chi connectivity index (χ4n) is 2.74. The molecule has 110 valence electrons. The first-order valence-electron chi connectivity index (χ1n) is 7.32. The molecule has 0 bridgehead atoms. The molecule has 0 saturated carbocycles. The lowest BCUT2D eigenvalue weighted by molar-refractivity contribution is -0.118. The van der Waals surface area contributed by atoms with Gasteiger partial charge in [0.25, 0.3) is 0 Å². The Balaban J connectivity index is 2.06. The number of hydrogen-bond acceptors (Lipinski definition) is 3. The van der Waals surface area contributed by atoms with Crippen molar-refractivity contribution in [1.82, 2.24) is 5.32 Å². The van der Waals surface area contributed by atoms with Gasteiger partial charge in [0, 0.05) is 31.5 Å². The summed E-state index contributed by atoms with van der Waals surface area (Å²) >= 11 is 0. The number of piperidine rings is 1. The number of hydrogen-bond donors (Lipinski definition) is 2. The third kappa shape index (κ3) is 3.51. The van der Waals surface area contributed by atoms with E-state index in [0.29, 0.717) is 6.04 Å². The zero-order chi connectivity index (χ0) is 14.7. The molecule has 0 spiro atoms. The first kappa shape index (κ1) is 14.9. The van der Waals surface area contributed by atoms with Crippen LogP contribution < -0.4 is 15.5 Å². The predicted octanol–water partition coefficient (Wildman–Crippen LogP) is 2.53. The van der Waals surface area contributed by atoms with Crippen LogP contribution >= 0.6 is 0 Å². The number of nitrogens with zero attached hydrogens (tertiary/aromatic N) is 1. The van der Waals surface area contributed by atoms with Crippen LogP contribution in [0.25, 0.3) is 0 Å². The maximum Gasteiger partial charge on any atom is 0.241 e. The van der Waals surface area contributed by atoms with Gasteiger partial charge in [0.2, 0.25) is 5.91 Å². The van der Waals surface area contributed by atoms with Crippen molar-refractivity contribution in [2.75, 3.05) is 24.3 Å². The summed E-state index contributed by atoms with van der Waals surface area (Å²) in [6.07, 6.45) is 3.19. The molecule has 1 fully saturated rings. The second-order valence-corrected chi connectivity index (χ2v) is 5.94. The van der Waals surface area contributed by atoms with Crippen LogP contribution in [0.3, 0.4) is 0 Å². The van der Waals surface area contributed by atoms with Gasteiger partial charge in [0.15, 0.2) is 0 Å². The Labute approximate surface area is 121 Å². The van der Waals surface area contributed by atoms with Gasteiger partial charge in [0.05, 0.1) is 6.04 Å². The van der Waals surface area contributed by atoms with Crippen LogP contribution in [-0.2, 0) is 4.79 Å². The van der Waals surface area contributed by atoms with E-state index >= 15 is 0 Å². The van der Waals surface area contributed by atoms with Crippen molar-refractivity contribution in [3.8, 4) is 0 Å². The zero-order valence-corrected chi connectivity index (χ0v) is 12.9. The van der Waals surface area contributed by atoms with Crippen LogP contribution in [-0.4, -0.2) is 32.1 Å². The summed E-state index contributed by atoms with van der Waals surface area (Å²) in [5, 5.41) is 6.39. The second kappa shape index (κ2) is 6.27. The minimum absolute atomic E-state index is 0.0668. The van der Waals surface area contributed by atoms with E-state index in [-0.39, 0.29) is 11.9 Å². The molecule has 0 aliphatic carbocycles. The van der Waals surface area contributed by atoms with Crippen LogP contribution in [0, 0.1) is 6.92 Å². The highest BCUT2D eigenvalue weighted by Gasteiger charge is 2.24. The maximum atomic E-state index is 12.3. The van der Waals surface area contributed by atoms with E-state index < -0.39 is 0 Å². The molecule has 1 aromatic carbocycles. The number of benzene rings is 1. The number of aryl methyl sites for hydroxylation is 1. The number of carbonyl (C=O) groups is 1. The van der Waals surface area contributed by atoms with Crippen LogP contribution in [0.4, 0.5) is 11.4 Å². The normalized spacial score (nSPS) is 22.4. The van der Waals surface area contributed by atoms with Crippen molar-refractivity contribution < 1.29 is 4.79 Å². The molecule has 2 N–H and O–H groups in total. The van der Waals surface area contributed by atoms with E-state index in [2.05, 4.69) is 29.4 Å². The molecule has 2 atom stereocenters.